The molecule has 182 valence electrons. The Labute approximate surface area is 193 Å². The summed E-state index contributed by atoms with van der Waals surface area (Å²) >= 11 is 0. The summed E-state index contributed by atoms with van der Waals surface area (Å²) in [5.74, 6) is 0.767. The molecule has 10 heteroatoms. The number of carbonyl (C=O) groups excluding carboxylic acids is 2. The van der Waals surface area contributed by atoms with Crippen LogP contribution >= 0.6 is 0 Å². The summed E-state index contributed by atoms with van der Waals surface area (Å²) < 4.78 is 22.4. The second kappa shape index (κ2) is 11.1. The molecule has 4 rings (SSSR count). The molecule has 33 heavy (non-hydrogen) atoms. The van der Waals surface area contributed by atoms with Gasteiger partial charge in [-0.25, -0.2) is 4.79 Å². The number of methoxy groups -OCH3 is 1. The number of hydrogen-bond acceptors (Lipinski definition) is 7. The van der Waals surface area contributed by atoms with Crippen LogP contribution in [0.2, 0.25) is 0 Å². The van der Waals surface area contributed by atoms with Gasteiger partial charge in [0.15, 0.2) is 0 Å². The number of benzene rings is 1. The summed E-state index contributed by atoms with van der Waals surface area (Å²) in [5.41, 5.74) is 0.635. The van der Waals surface area contributed by atoms with Gasteiger partial charge < -0.3 is 39.2 Å². The summed E-state index contributed by atoms with van der Waals surface area (Å²) in [4.78, 5) is 29.3. The van der Waals surface area contributed by atoms with Gasteiger partial charge in [-0.3, -0.25) is 4.79 Å². The third-order valence-electron chi connectivity index (χ3n) is 6.35. The van der Waals surface area contributed by atoms with E-state index in [1.807, 2.05) is 4.90 Å². The summed E-state index contributed by atoms with van der Waals surface area (Å²) in [6, 6.07) is 6.52. The number of rotatable bonds is 4. The SMILES string of the molecule is COc1ccc(NC(=O)N2C[C@H](O)COC[C@H]3O[C@H](CC(=O)N4CCOCC4)CC[C@@H]32)cc1. The van der Waals surface area contributed by atoms with Crippen LogP contribution in [0.1, 0.15) is 19.3 Å². The number of aliphatic hydroxyl groups excluding tert-OH is 1. The fourth-order valence-corrected chi connectivity index (χ4v) is 4.58. The van der Waals surface area contributed by atoms with Gasteiger partial charge in [-0.2, -0.15) is 0 Å². The van der Waals surface area contributed by atoms with Gasteiger partial charge in [-0.05, 0) is 37.1 Å². The molecule has 0 aromatic heterocycles. The summed E-state index contributed by atoms with van der Waals surface area (Å²) in [6.45, 7) is 2.87. The van der Waals surface area contributed by atoms with E-state index in [9.17, 15) is 14.7 Å². The molecule has 0 aliphatic carbocycles. The number of carbonyl (C=O) groups is 2. The predicted octanol–water partition coefficient (Wildman–Crippen LogP) is 1.09. The molecule has 3 aliphatic rings. The van der Waals surface area contributed by atoms with Crippen LogP contribution in [0.5, 0.6) is 5.75 Å². The lowest BCUT2D eigenvalue weighted by molar-refractivity contribution is -0.156. The van der Waals surface area contributed by atoms with Crippen molar-refractivity contribution in [2.75, 3.05) is 58.5 Å². The second-order valence-electron chi connectivity index (χ2n) is 8.64. The topological polar surface area (TPSA) is 110 Å². The first-order valence-electron chi connectivity index (χ1n) is 11.5. The van der Waals surface area contributed by atoms with Gasteiger partial charge in [-0.1, -0.05) is 0 Å². The van der Waals surface area contributed by atoms with E-state index in [1.165, 1.54) is 0 Å². The van der Waals surface area contributed by atoms with E-state index >= 15 is 0 Å². The minimum Gasteiger partial charge on any atom is -0.497 e. The standard InChI is InChI=1S/C23H33N3O7/c1-30-18-4-2-16(3-5-18)24-23(29)26-13-17(27)14-32-15-21-20(26)7-6-19(33-21)12-22(28)25-8-10-31-11-9-25/h2-5,17,19-21,27H,6-15H2,1H3,(H,24,29)/t17-,19-,20-,21+/m0/s1. The van der Waals surface area contributed by atoms with E-state index in [1.54, 1.807) is 36.3 Å². The number of hydrogen-bond donors (Lipinski definition) is 2. The van der Waals surface area contributed by atoms with Gasteiger partial charge in [0.1, 0.15) is 11.9 Å². The van der Waals surface area contributed by atoms with Crippen LogP contribution in [-0.4, -0.2) is 104 Å². The van der Waals surface area contributed by atoms with Crippen molar-refractivity contribution in [3.05, 3.63) is 24.3 Å². The van der Waals surface area contributed by atoms with Gasteiger partial charge >= 0.3 is 6.03 Å². The van der Waals surface area contributed by atoms with Crippen LogP contribution in [0.3, 0.4) is 0 Å². The van der Waals surface area contributed by atoms with E-state index in [0.717, 1.165) is 0 Å². The van der Waals surface area contributed by atoms with E-state index in [4.69, 9.17) is 18.9 Å². The molecule has 0 spiro atoms. The van der Waals surface area contributed by atoms with Crippen LogP contribution < -0.4 is 10.1 Å². The molecule has 2 N–H and O–H groups in total. The van der Waals surface area contributed by atoms with Crippen molar-refractivity contribution >= 4 is 17.6 Å². The zero-order chi connectivity index (χ0) is 23.2. The fraction of sp³-hybridized carbons (Fsp3) is 0.652. The zero-order valence-corrected chi connectivity index (χ0v) is 19.0. The molecule has 1 aromatic carbocycles. The van der Waals surface area contributed by atoms with Gasteiger partial charge in [0.2, 0.25) is 5.91 Å². The Morgan fingerprint density at radius 2 is 1.88 bits per heavy atom. The normalized spacial score (nSPS) is 28.3. The highest BCUT2D eigenvalue weighted by atomic mass is 16.5. The van der Waals surface area contributed by atoms with Gasteiger partial charge in [0.05, 0.1) is 64.8 Å². The minimum atomic E-state index is -0.784. The van der Waals surface area contributed by atoms with Crippen molar-refractivity contribution in [3.8, 4) is 5.75 Å². The lowest BCUT2D eigenvalue weighted by Gasteiger charge is -2.44. The van der Waals surface area contributed by atoms with Crippen molar-refractivity contribution < 1.29 is 33.6 Å². The van der Waals surface area contributed by atoms with Crippen molar-refractivity contribution in [2.45, 2.75) is 43.6 Å². The second-order valence-corrected chi connectivity index (χ2v) is 8.64. The molecule has 0 bridgehead atoms. The number of urea groups is 1. The molecule has 0 saturated carbocycles. The highest BCUT2D eigenvalue weighted by molar-refractivity contribution is 5.89. The van der Waals surface area contributed by atoms with Crippen molar-refractivity contribution in [2.24, 2.45) is 0 Å². The van der Waals surface area contributed by atoms with Crippen LogP contribution in [0.25, 0.3) is 0 Å². The molecule has 10 nitrogen and oxygen atoms in total. The lowest BCUT2D eigenvalue weighted by Crippen LogP contribution is -2.58. The van der Waals surface area contributed by atoms with Gasteiger partial charge in [0, 0.05) is 18.8 Å². The van der Waals surface area contributed by atoms with Gasteiger partial charge in [0.25, 0.3) is 0 Å². The molecule has 0 radical (unpaired) electrons. The summed E-state index contributed by atoms with van der Waals surface area (Å²) in [5, 5.41) is 13.2. The van der Waals surface area contributed by atoms with Crippen LogP contribution in [0.15, 0.2) is 24.3 Å². The largest absolute Gasteiger partial charge is 0.497 e. The lowest BCUT2D eigenvalue weighted by atomic mass is 9.94. The molecule has 3 fully saturated rings. The highest BCUT2D eigenvalue weighted by Crippen LogP contribution is 2.29. The van der Waals surface area contributed by atoms with Crippen LogP contribution in [0.4, 0.5) is 10.5 Å². The third kappa shape index (κ3) is 6.14. The number of nitrogens with one attached hydrogen (secondary N) is 1. The first kappa shape index (κ1) is 23.7. The first-order chi connectivity index (χ1) is 16.0. The number of nitrogens with zero attached hydrogens (tertiary/aromatic N) is 2. The Morgan fingerprint density at radius 3 is 2.61 bits per heavy atom. The number of morpholine rings is 1. The molecule has 3 amide bonds. The Bertz CT molecular complexity index is 800. The van der Waals surface area contributed by atoms with Crippen LogP contribution in [-0.2, 0) is 19.0 Å². The first-order valence-corrected chi connectivity index (χ1v) is 11.5. The third-order valence-corrected chi connectivity index (χ3v) is 6.35. The maximum atomic E-state index is 13.2. The minimum absolute atomic E-state index is 0.0676. The Kier molecular flexibility index (Phi) is 8.02. The molecule has 4 atom stereocenters. The zero-order valence-electron chi connectivity index (χ0n) is 19.0. The Morgan fingerprint density at radius 1 is 1.12 bits per heavy atom. The van der Waals surface area contributed by atoms with E-state index in [2.05, 4.69) is 5.32 Å². The van der Waals surface area contributed by atoms with E-state index in [0.29, 0.717) is 57.0 Å². The number of ether oxygens (including phenoxy) is 4. The summed E-state index contributed by atoms with van der Waals surface area (Å²) in [6.07, 6.45) is 0.256. The number of fused-ring (bicyclic) bond motifs is 1. The number of anilines is 1. The smallest absolute Gasteiger partial charge is 0.322 e. The highest BCUT2D eigenvalue weighted by Gasteiger charge is 2.40. The summed E-state index contributed by atoms with van der Waals surface area (Å²) in [7, 11) is 1.59. The average molecular weight is 464 g/mol. The maximum Gasteiger partial charge on any atom is 0.322 e. The monoisotopic (exact) mass is 463 g/mol. The maximum absolute atomic E-state index is 13.2. The quantitative estimate of drug-likeness (QED) is 0.688. The van der Waals surface area contributed by atoms with Crippen molar-refractivity contribution in [1.82, 2.24) is 9.80 Å². The molecule has 3 saturated heterocycles. The van der Waals surface area contributed by atoms with Crippen molar-refractivity contribution in [1.29, 1.82) is 0 Å². The fourth-order valence-electron chi connectivity index (χ4n) is 4.58. The Hall–Kier alpha value is -2.40. The number of aliphatic hydroxyl groups is 1. The predicted molar refractivity (Wildman–Crippen MR) is 119 cm³/mol. The number of β-amino-alcohol motifs (C(OH)–C–C–N with tert-alkyl or cyclic N) is 1. The van der Waals surface area contributed by atoms with E-state index < -0.39 is 6.10 Å². The average Bonchev–Trinajstić information content (AvgIpc) is 2.83. The molecular formula is C23H33N3O7. The van der Waals surface area contributed by atoms with Gasteiger partial charge in [-0.15, -0.1) is 0 Å². The van der Waals surface area contributed by atoms with E-state index in [-0.39, 0.29) is 49.9 Å². The molecule has 3 aliphatic heterocycles. The molecule has 1 aromatic rings. The molecule has 3 heterocycles. The molecular weight excluding hydrogens is 430 g/mol. The number of amides is 3. The van der Waals surface area contributed by atoms with Crippen molar-refractivity contribution in [3.63, 3.8) is 0 Å². The molecule has 0 unspecified atom stereocenters. The van der Waals surface area contributed by atoms with Crippen LogP contribution in [0, 0.1) is 0 Å². The Balaban J connectivity index is 1.40.